The Labute approximate surface area is 179 Å². The van der Waals surface area contributed by atoms with Crippen LogP contribution in [-0.4, -0.2) is 51.8 Å². The Morgan fingerprint density at radius 1 is 1.16 bits per heavy atom. The summed E-state index contributed by atoms with van der Waals surface area (Å²) in [4.78, 5) is 44.8. The fraction of sp³-hybridized carbons (Fsp3) is 0.600. The maximum absolute atomic E-state index is 12.9. The van der Waals surface area contributed by atoms with Crippen LogP contribution in [0, 0.1) is 5.92 Å². The summed E-state index contributed by atoms with van der Waals surface area (Å²) < 4.78 is 49.4. The first-order valence-corrected chi connectivity index (χ1v) is 11.9. The zero-order valence-electron chi connectivity index (χ0n) is 17.4. The summed E-state index contributed by atoms with van der Waals surface area (Å²) in [6.45, 7) is 3.98. The lowest BCUT2D eigenvalue weighted by Crippen LogP contribution is -2.51. The highest BCUT2D eigenvalue weighted by atomic mass is 31.2. The third kappa shape index (κ3) is 7.63. The first-order valence-electron chi connectivity index (χ1n) is 10.1. The van der Waals surface area contributed by atoms with Gasteiger partial charge in [-0.25, -0.2) is 0 Å². The summed E-state index contributed by atoms with van der Waals surface area (Å²) in [6, 6.07) is 3.97. The number of piperidine rings is 1. The second-order valence-corrected chi connectivity index (χ2v) is 9.89. The molecule has 0 spiro atoms. The van der Waals surface area contributed by atoms with Gasteiger partial charge in [-0.15, -0.1) is 0 Å². The first kappa shape index (κ1) is 25.4. The van der Waals surface area contributed by atoms with Gasteiger partial charge in [0.05, 0.1) is 11.7 Å². The minimum absolute atomic E-state index is 0.00476. The van der Waals surface area contributed by atoms with Crippen LogP contribution < -0.4 is 5.32 Å². The molecule has 1 heterocycles. The Kier molecular flexibility index (Phi) is 8.30. The zero-order chi connectivity index (χ0) is 23.4. The third-order valence-electron chi connectivity index (χ3n) is 5.36. The highest BCUT2D eigenvalue weighted by Crippen LogP contribution is 2.36. The van der Waals surface area contributed by atoms with Crippen LogP contribution in [0.5, 0.6) is 0 Å². The zero-order valence-corrected chi connectivity index (χ0v) is 18.3. The van der Waals surface area contributed by atoms with Crippen molar-refractivity contribution in [2.24, 2.45) is 5.92 Å². The van der Waals surface area contributed by atoms with Gasteiger partial charge in [0.2, 0.25) is 11.8 Å². The molecular formula is C20H28F3N2O5P. The van der Waals surface area contributed by atoms with Crippen molar-refractivity contribution in [2.75, 3.05) is 19.3 Å². The number of nitrogens with one attached hydrogen (secondary N) is 1. The molecule has 1 aromatic carbocycles. The number of nitrogens with zero attached hydrogens (tertiary/aromatic N) is 1. The Morgan fingerprint density at radius 2 is 1.71 bits per heavy atom. The fourth-order valence-electron chi connectivity index (χ4n) is 3.49. The summed E-state index contributed by atoms with van der Waals surface area (Å²) in [5, 5.41) is 2.57. The molecule has 2 amide bonds. The number of hydrogen-bond donors (Lipinski definition) is 3. The van der Waals surface area contributed by atoms with Gasteiger partial charge < -0.3 is 20.0 Å². The van der Waals surface area contributed by atoms with Crippen LogP contribution in [0.15, 0.2) is 24.3 Å². The fourth-order valence-corrected chi connectivity index (χ4v) is 4.09. The van der Waals surface area contributed by atoms with Gasteiger partial charge in [0.1, 0.15) is 6.04 Å². The van der Waals surface area contributed by atoms with E-state index in [4.69, 9.17) is 9.79 Å². The number of carbonyl (C=O) groups is 2. The Morgan fingerprint density at radius 3 is 2.16 bits per heavy atom. The van der Waals surface area contributed by atoms with Crippen LogP contribution >= 0.6 is 7.60 Å². The maximum Gasteiger partial charge on any atom is 0.416 e. The normalized spacial score (nSPS) is 17.0. The van der Waals surface area contributed by atoms with Gasteiger partial charge in [-0.05, 0) is 42.9 Å². The van der Waals surface area contributed by atoms with E-state index < -0.39 is 43.4 Å². The van der Waals surface area contributed by atoms with Crippen LogP contribution in [0.25, 0.3) is 0 Å². The molecule has 0 saturated carbocycles. The van der Waals surface area contributed by atoms with Gasteiger partial charge in [0.15, 0.2) is 0 Å². The predicted molar refractivity (Wildman–Crippen MR) is 108 cm³/mol. The number of alkyl halides is 3. The molecule has 11 heteroatoms. The molecule has 2 rings (SSSR count). The maximum atomic E-state index is 12.9. The number of amides is 2. The van der Waals surface area contributed by atoms with Crippen molar-refractivity contribution in [3.05, 3.63) is 35.4 Å². The molecule has 1 unspecified atom stereocenters. The first-order chi connectivity index (χ1) is 14.3. The van der Waals surface area contributed by atoms with Crippen molar-refractivity contribution in [2.45, 2.75) is 51.2 Å². The number of rotatable bonds is 7. The molecule has 7 nitrogen and oxygen atoms in total. The van der Waals surface area contributed by atoms with E-state index >= 15 is 0 Å². The topological polar surface area (TPSA) is 107 Å². The number of carbonyl (C=O) groups excluding carboxylic acids is 2. The van der Waals surface area contributed by atoms with Crippen LogP contribution in [0.2, 0.25) is 0 Å². The molecule has 1 atom stereocenters. The SMILES string of the molecule is CC(C)C(=O)NC(CCP(=O)(O)O)C(=O)N1CCC(c2ccc(C(F)(F)F)cc2)CC1. The minimum atomic E-state index is -4.39. The number of hydrogen-bond acceptors (Lipinski definition) is 3. The molecule has 1 fully saturated rings. The molecule has 1 aromatic rings. The molecule has 0 aliphatic carbocycles. The number of benzene rings is 1. The van der Waals surface area contributed by atoms with E-state index in [1.165, 1.54) is 17.0 Å². The average molecular weight is 464 g/mol. The van der Waals surface area contributed by atoms with Crippen LogP contribution in [-0.2, 0) is 20.3 Å². The molecule has 3 N–H and O–H groups in total. The molecular weight excluding hydrogens is 436 g/mol. The van der Waals surface area contributed by atoms with Crippen molar-refractivity contribution in [3.63, 3.8) is 0 Å². The van der Waals surface area contributed by atoms with E-state index in [0.29, 0.717) is 25.9 Å². The summed E-state index contributed by atoms with van der Waals surface area (Å²) in [5.74, 6) is -1.18. The molecule has 31 heavy (non-hydrogen) atoms. The largest absolute Gasteiger partial charge is 0.416 e. The Hall–Kier alpha value is -1.90. The van der Waals surface area contributed by atoms with E-state index in [9.17, 15) is 27.3 Å². The van der Waals surface area contributed by atoms with E-state index in [-0.39, 0.29) is 18.2 Å². The van der Waals surface area contributed by atoms with E-state index in [2.05, 4.69) is 5.32 Å². The molecule has 0 aromatic heterocycles. The second-order valence-electron chi connectivity index (χ2n) is 8.11. The van der Waals surface area contributed by atoms with Crippen molar-refractivity contribution in [1.29, 1.82) is 0 Å². The van der Waals surface area contributed by atoms with Crippen molar-refractivity contribution in [1.82, 2.24) is 10.2 Å². The lowest BCUT2D eigenvalue weighted by molar-refractivity contribution is -0.138. The molecule has 1 aliphatic rings. The standard InChI is InChI=1S/C20H28F3N2O5P/c1-13(2)18(26)24-17(9-12-31(28,29)30)19(27)25-10-7-15(8-11-25)14-3-5-16(6-4-14)20(21,22)23/h3-6,13,15,17H,7-12H2,1-2H3,(H,24,26)(H2,28,29,30). The molecule has 0 radical (unpaired) electrons. The van der Waals surface area contributed by atoms with Gasteiger partial charge >= 0.3 is 13.8 Å². The van der Waals surface area contributed by atoms with Gasteiger partial charge in [-0.2, -0.15) is 13.2 Å². The lowest BCUT2D eigenvalue weighted by atomic mass is 9.88. The summed E-state index contributed by atoms with van der Waals surface area (Å²) in [6.07, 6.45) is -4.01. The molecule has 1 aliphatic heterocycles. The van der Waals surface area contributed by atoms with E-state index in [1.807, 2.05) is 0 Å². The number of likely N-dealkylation sites (tertiary alicyclic amines) is 1. The summed E-state index contributed by atoms with van der Waals surface area (Å²) in [7, 11) is -4.33. The van der Waals surface area contributed by atoms with Crippen molar-refractivity contribution >= 4 is 19.4 Å². The highest BCUT2D eigenvalue weighted by molar-refractivity contribution is 7.51. The number of halogens is 3. The van der Waals surface area contributed by atoms with E-state index in [1.54, 1.807) is 13.8 Å². The smallest absolute Gasteiger partial charge is 0.344 e. The minimum Gasteiger partial charge on any atom is -0.344 e. The quantitative estimate of drug-likeness (QED) is 0.538. The Bertz CT molecular complexity index is 815. The molecule has 0 bridgehead atoms. The van der Waals surface area contributed by atoms with Gasteiger partial charge in [0.25, 0.3) is 0 Å². The van der Waals surface area contributed by atoms with Gasteiger partial charge in [0, 0.05) is 19.0 Å². The van der Waals surface area contributed by atoms with Crippen molar-refractivity contribution in [3.8, 4) is 0 Å². The van der Waals surface area contributed by atoms with E-state index in [0.717, 1.165) is 17.7 Å². The monoisotopic (exact) mass is 464 g/mol. The summed E-state index contributed by atoms with van der Waals surface area (Å²) >= 11 is 0. The van der Waals surface area contributed by atoms with Crippen LogP contribution in [0.3, 0.4) is 0 Å². The average Bonchev–Trinajstić information content (AvgIpc) is 2.69. The van der Waals surface area contributed by atoms with Gasteiger partial charge in [-0.1, -0.05) is 26.0 Å². The van der Waals surface area contributed by atoms with Crippen molar-refractivity contribution < 1.29 is 37.1 Å². The highest BCUT2D eigenvalue weighted by Gasteiger charge is 2.33. The lowest BCUT2D eigenvalue weighted by Gasteiger charge is -2.35. The summed E-state index contributed by atoms with van der Waals surface area (Å²) in [5.41, 5.74) is 0.0592. The van der Waals surface area contributed by atoms with Gasteiger partial charge in [-0.3, -0.25) is 14.2 Å². The molecule has 174 valence electrons. The van der Waals surface area contributed by atoms with Crippen LogP contribution in [0.4, 0.5) is 13.2 Å². The third-order valence-corrected chi connectivity index (χ3v) is 6.20. The second kappa shape index (κ2) is 10.1. The predicted octanol–water partition coefficient (Wildman–Crippen LogP) is 3.12. The molecule has 1 saturated heterocycles. The Balaban J connectivity index is 2.01. The van der Waals surface area contributed by atoms with Crippen LogP contribution in [0.1, 0.15) is 50.2 Å².